The molecule has 1 aromatic carbocycles. The van der Waals surface area contributed by atoms with E-state index in [0.717, 1.165) is 27.2 Å². The van der Waals surface area contributed by atoms with Crippen molar-refractivity contribution in [3.05, 3.63) is 35.5 Å². The summed E-state index contributed by atoms with van der Waals surface area (Å²) < 4.78 is 12.7. The van der Waals surface area contributed by atoms with Gasteiger partial charge in [-0.05, 0) is 18.6 Å². The molecular weight excluding hydrogens is 354 g/mol. The molecule has 0 amide bonds. The fraction of sp³-hybridized carbons (Fsp3) is 0.235. The maximum absolute atomic E-state index is 9.18. The number of hydrogen-bond acceptors (Lipinski definition) is 7. The van der Waals surface area contributed by atoms with Gasteiger partial charge in [0.1, 0.15) is 17.2 Å². The topological polar surface area (TPSA) is 97.5 Å². The lowest BCUT2D eigenvalue weighted by molar-refractivity contribution is 0.378. The number of hydrogen-bond donors (Lipinski definition) is 2. The molecule has 0 spiro atoms. The zero-order chi connectivity index (χ0) is 18.2. The molecule has 0 radical (unpaired) electrons. The van der Waals surface area contributed by atoms with Crippen molar-refractivity contribution < 1.29 is 4.74 Å². The highest BCUT2D eigenvalue weighted by atomic mass is 32.2. The standard InChI is InChI=1S/C15H11N5OS2.C2H6/c1-9-2-3-11(15-14(9)10(7-17)8-18-15)19-22-12-6-13(23-20-12)21-5-4-16;1-2/h2-3,6,8,18-19H,5H2,1H3;1-2H3. The third-order valence-corrected chi connectivity index (χ3v) is 4.74. The Morgan fingerprint density at radius 3 is 2.88 bits per heavy atom. The van der Waals surface area contributed by atoms with Crippen molar-refractivity contribution in [1.82, 2.24) is 9.36 Å². The highest BCUT2D eigenvalue weighted by Gasteiger charge is 2.11. The fourth-order valence-corrected chi connectivity index (χ4v) is 3.56. The van der Waals surface area contributed by atoms with Gasteiger partial charge in [0.25, 0.3) is 0 Å². The number of aryl methyl sites for hydroxylation is 1. The van der Waals surface area contributed by atoms with Crippen LogP contribution in [0.3, 0.4) is 0 Å². The molecule has 0 atom stereocenters. The molecule has 2 N–H and O–H groups in total. The Balaban J connectivity index is 0.00000109. The molecule has 0 saturated heterocycles. The highest BCUT2D eigenvalue weighted by Crippen LogP contribution is 2.32. The average molecular weight is 371 g/mol. The van der Waals surface area contributed by atoms with Crippen LogP contribution in [0.5, 0.6) is 5.06 Å². The minimum Gasteiger partial charge on any atom is -0.468 e. The first-order chi connectivity index (χ1) is 12.2. The zero-order valence-corrected chi connectivity index (χ0v) is 15.7. The summed E-state index contributed by atoms with van der Waals surface area (Å²) in [6.07, 6.45) is 1.71. The van der Waals surface area contributed by atoms with Crippen LogP contribution in [0.1, 0.15) is 25.0 Å². The van der Waals surface area contributed by atoms with E-state index in [1.54, 1.807) is 12.3 Å². The smallest absolute Gasteiger partial charge is 0.195 e. The van der Waals surface area contributed by atoms with Gasteiger partial charge in [0.2, 0.25) is 0 Å². The van der Waals surface area contributed by atoms with Crippen molar-refractivity contribution in [3.8, 4) is 17.2 Å². The van der Waals surface area contributed by atoms with Crippen LogP contribution < -0.4 is 9.46 Å². The first kappa shape index (κ1) is 18.7. The Hall–Kier alpha value is -2.68. The van der Waals surface area contributed by atoms with Gasteiger partial charge >= 0.3 is 0 Å². The second kappa shape index (κ2) is 8.97. The van der Waals surface area contributed by atoms with E-state index >= 15 is 0 Å². The first-order valence-electron chi connectivity index (χ1n) is 7.63. The van der Waals surface area contributed by atoms with Crippen molar-refractivity contribution in [2.75, 3.05) is 11.3 Å². The summed E-state index contributed by atoms with van der Waals surface area (Å²) in [5.74, 6) is 0. The van der Waals surface area contributed by atoms with Crippen molar-refractivity contribution in [3.63, 3.8) is 0 Å². The van der Waals surface area contributed by atoms with Gasteiger partial charge in [-0.2, -0.15) is 14.9 Å². The predicted molar refractivity (Wildman–Crippen MR) is 102 cm³/mol. The predicted octanol–water partition coefficient (Wildman–Crippen LogP) is 4.85. The molecule has 0 aliphatic heterocycles. The molecule has 0 fully saturated rings. The Labute approximate surface area is 154 Å². The monoisotopic (exact) mass is 371 g/mol. The number of benzene rings is 1. The number of nitrogens with zero attached hydrogens (tertiary/aromatic N) is 3. The number of ether oxygens (including phenoxy) is 1. The highest BCUT2D eigenvalue weighted by molar-refractivity contribution is 8.00. The lowest BCUT2D eigenvalue weighted by atomic mass is 10.1. The number of H-pyrrole nitrogens is 1. The SMILES string of the molecule is CC.Cc1ccc(NSc2cc(OCC#N)sn2)c2[nH]cc(C#N)c12. The summed E-state index contributed by atoms with van der Waals surface area (Å²) in [5.41, 5.74) is 3.45. The van der Waals surface area contributed by atoms with E-state index < -0.39 is 0 Å². The van der Waals surface area contributed by atoms with Crippen molar-refractivity contribution in [1.29, 1.82) is 10.5 Å². The molecule has 3 aromatic rings. The minimum atomic E-state index is 0.0116. The second-order valence-corrected chi connectivity index (χ2v) is 6.22. The Morgan fingerprint density at radius 2 is 2.16 bits per heavy atom. The average Bonchev–Trinajstić information content (AvgIpc) is 3.28. The van der Waals surface area contributed by atoms with E-state index in [4.69, 9.17) is 10.00 Å². The van der Waals surface area contributed by atoms with Crippen molar-refractivity contribution in [2.45, 2.75) is 25.8 Å². The number of rotatable bonds is 5. The maximum atomic E-state index is 9.18. The Morgan fingerprint density at radius 1 is 1.36 bits per heavy atom. The third-order valence-electron chi connectivity index (χ3n) is 3.18. The molecular formula is C17H17N5OS2. The van der Waals surface area contributed by atoms with Crippen LogP contribution in [-0.4, -0.2) is 16.0 Å². The van der Waals surface area contributed by atoms with E-state index in [0.29, 0.717) is 10.6 Å². The summed E-state index contributed by atoms with van der Waals surface area (Å²) in [7, 11) is 0. The van der Waals surface area contributed by atoms with E-state index in [-0.39, 0.29) is 6.61 Å². The normalized spacial score (nSPS) is 9.64. The number of aromatic nitrogens is 2. The summed E-state index contributed by atoms with van der Waals surface area (Å²) >= 11 is 2.55. The van der Waals surface area contributed by atoms with Gasteiger partial charge in [0.05, 0.1) is 16.8 Å². The van der Waals surface area contributed by atoms with Gasteiger partial charge in [0, 0.05) is 41.1 Å². The van der Waals surface area contributed by atoms with Crippen LogP contribution in [0, 0.1) is 29.6 Å². The maximum Gasteiger partial charge on any atom is 0.195 e. The van der Waals surface area contributed by atoms with Crippen molar-refractivity contribution in [2.24, 2.45) is 0 Å². The quantitative estimate of drug-likeness (QED) is 0.622. The lowest BCUT2D eigenvalue weighted by Crippen LogP contribution is -1.90. The van der Waals surface area contributed by atoms with Gasteiger partial charge in [0.15, 0.2) is 11.7 Å². The van der Waals surface area contributed by atoms with E-state index in [1.165, 1.54) is 23.5 Å². The molecule has 0 unspecified atom stereocenters. The summed E-state index contributed by atoms with van der Waals surface area (Å²) in [5, 5.41) is 20.0. The van der Waals surface area contributed by atoms with E-state index in [2.05, 4.69) is 20.1 Å². The second-order valence-electron chi connectivity index (χ2n) is 4.63. The fourth-order valence-electron chi connectivity index (χ4n) is 2.16. The van der Waals surface area contributed by atoms with Crippen LogP contribution in [0.15, 0.2) is 29.4 Å². The van der Waals surface area contributed by atoms with E-state index in [9.17, 15) is 5.26 Å². The molecule has 0 saturated carbocycles. The number of fused-ring (bicyclic) bond motifs is 1. The molecule has 8 heteroatoms. The number of aromatic amines is 1. The lowest BCUT2D eigenvalue weighted by Gasteiger charge is -2.06. The van der Waals surface area contributed by atoms with Gasteiger partial charge in [-0.3, -0.25) is 0 Å². The van der Waals surface area contributed by atoms with Gasteiger partial charge < -0.3 is 14.4 Å². The molecule has 0 aliphatic carbocycles. The molecule has 2 heterocycles. The molecule has 2 aromatic heterocycles. The molecule has 0 aliphatic rings. The van der Waals surface area contributed by atoms with Gasteiger partial charge in [-0.25, -0.2) is 0 Å². The van der Waals surface area contributed by atoms with E-state index in [1.807, 2.05) is 39.0 Å². The molecule has 6 nitrogen and oxygen atoms in total. The largest absolute Gasteiger partial charge is 0.468 e. The minimum absolute atomic E-state index is 0.0116. The molecule has 128 valence electrons. The number of anilines is 1. The van der Waals surface area contributed by atoms with Crippen LogP contribution >= 0.6 is 23.5 Å². The first-order valence-corrected chi connectivity index (χ1v) is 9.22. The van der Waals surface area contributed by atoms with Crippen LogP contribution in [0.4, 0.5) is 5.69 Å². The van der Waals surface area contributed by atoms with Crippen LogP contribution in [0.25, 0.3) is 10.9 Å². The molecule has 25 heavy (non-hydrogen) atoms. The number of nitriles is 2. The summed E-state index contributed by atoms with van der Waals surface area (Å²) in [6, 6.07) is 9.83. The van der Waals surface area contributed by atoms with Crippen molar-refractivity contribution >= 4 is 40.1 Å². The number of nitrogens with one attached hydrogen (secondary N) is 2. The van der Waals surface area contributed by atoms with Crippen LogP contribution in [-0.2, 0) is 0 Å². The summed E-state index contributed by atoms with van der Waals surface area (Å²) in [4.78, 5) is 3.14. The van der Waals surface area contributed by atoms with Gasteiger partial charge in [-0.1, -0.05) is 19.9 Å². The third kappa shape index (κ3) is 4.24. The Bertz CT molecular complexity index is 933. The molecule has 3 rings (SSSR count). The Kier molecular flexibility index (Phi) is 6.70. The van der Waals surface area contributed by atoms with Crippen LogP contribution in [0.2, 0.25) is 0 Å². The molecule has 0 bridgehead atoms. The zero-order valence-electron chi connectivity index (χ0n) is 14.1. The van der Waals surface area contributed by atoms with Gasteiger partial charge in [-0.15, -0.1) is 0 Å². The summed E-state index contributed by atoms with van der Waals surface area (Å²) in [6.45, 7) is 5.99.